The normalized spacial score (nSPS) is 18.6. The summed E-state index contributed by atoms with van der Waals surface area (Å²) in [5.74, 6) is 0.218. The fourth-order valence-electron chi connectivity index (χ4n) is 2.23. The highest BCUT2D eigenvalue weighted by molar-refractivity contribution is 8.00. The van der Waals surface area contributed by atoms with Gasteiger partial charge in [-0.1, -0.05) is 18.9 Å². The smallest absolute Gasteiger partial charge is 0.214 e. The zero-order chi connectivity index (χ0) is 11.4. The van der Waals surface area contributed by atoms with Crippen LogP contribution < -0.4 is 5.32 Å². The third kappa shape index (κ3) is 2.67. The number of halogens is 1. The summed E-state index contributed by atoms with van der Waals surface area (Å²) >= 11 is 1.92. The second-order valence-corrected chi connectivity index (χ2v) is 5.57. The van der Waals surface area contributed by atoms with Crippen LogP contribution in [0.3, 0.4) is 0 Å². The van der Waals surface area contributed by atoms with Crippen molar-refractivity contribution >= 4 is 17.6 Å². The Morgan fingerprint density at radius 2 is 2.19 bits per heavy atom. The van der Waals surface area contributed by atoms with Crippen LogP contribution in [0.4, 0.5) is 10.2 Å². The Kier molecular flexibility index (Phi) is 3.69. The van der Waals surface area contributed by atoms with Gasteiger partial charge in [0.05, 0.1) is 0 Å². The summed E-state index contributed by atoms with van der Waals surface area (Å²) in [7, 11) is 0. The van der Waals surface area contributed by atoms with Crippen molar-refractivity contribution in [3.8, 4) is 0 Å². The summed E-state index contributed by atoms with van der Waals surface area (Å²) in [6, 6.07) is 4.86. The molecule has 0 saturated heterocycles. The Hall–Kier alpha value is -0.770. The van der Waals surface area contributed by atoms with Gasteiger partial charge < -0.3 is 5.32 Å². The summed E-state index contributed by atoms with van der Waals surface area (Å²) in [5.41, 5.74) is 0. The quantitative estimate of drug-likeness (QED) is 0.817. The molecule has 16 heavy (non-hydrogen) atoms. The molecule has 1 aliphatic carbocycles. The molecule has 1 aliphatic rings. The van der Waals surface area contributed by atoms with Crippen LogP contribution in [0.2, 0.25) is 0 Å². The molecule has 0 unspecified atom stereocenters. The fraction of sp³-hybridized carbons (Fsp3) is 0.583. The molecule has 1 heterocycles. The fourth-order valence-corrected chi connectivity index (χ4v) is 3.14. The number of anilines is 1. The number of thioether (sulfide) groups is 1. The van der Waals surface area contributed by atoms with Crippen molar-refractivity contribution in [3.63, 3.8) is 0 Å². The molecule has 0 aromatic carbocycles. The Morgan fingerprint density at radius 1 is 1.44 bits per heavy atom. The number of pyridine rings is 1. The second-order valence-electron chi connectivity index (χ2n) is 4.29. The molecule has 0 spiro atoms. The average molecular weight is 240 g/mol. The lowest BCUT2D eigenvalue weighted by atomic mass is 10.1. The molecule has 1 saturated carbocycles. The zero-order valence-corrected chi connectivity index (χ0v) is 10.3. The number of hydrogen-bond acceptors (Lipinski definition) is 3. The number of aromatic nitrogens is 1. The maximum absolute atomic E-state index is 12.9. The SMILES string of the molecule is CSC1(CNc2cccc(F)n2)CCCC1. The lowest BCUT2D eigenvalue weighted by molar-refractivity contribution is 0.582. The molecule has 0 amide bonds. The first kappa shape index (κ1) is 11.7. The summed E-state index contributed by atoms with van der Waals surface area (Å²) in [6.45, 7) is 0.880. The van der Waals surface area contributed by atoms with E-state index in [1.165, 1.54) is 31.7 Å². The van der Waals surface area contributed by atoms with Gasteiger partial charge in [-0.25, -0.2) is 4.98 Å². The van der Waals surface area contributed by atoms with E-state index in [2.05, 4.69) is 16.6 Å². The van der Waals surface area contributed by atoms with E-state index in [9.17, 15) is 4.39 Å². The minimum atomic E-state index is -0.422. The molecule has 1 fully saturated rings. The lowest BCUT2D eigenvalue weighted by Crippen LogP contribution is -2.30. The first-order valence-electron chi connectivity index (χ1n) is 5.66. The third-order valence-corrected chi connectivity index (χ3v) is 4.67. The molecule has 2 nitrogen and oxygen atoms in total. The van der Waals surface area contributed by atoms with Crippen molar-refractivity contribution < 1.29 is 4.39 Å². The first-order valence-corrected chi connectivity index (χ1v) is 6.88. The number of rotatable bonds is 4. The lowest BCUT2D eigenvalue weighted by Gasteiger charge is -2.27. The van der Waals surface area contributed by atoms with Gasteiger partial charge in [0.25, 0.3) is 0 Å². The summed E-state index contributed by atoms with van der Waals surface area (Å²) in [5, 5.41) is 3.25. The van der Waals surface area contributed by atoms with E-state index in [-0.39, 0.29) is 0 Å². The molecule has 0 bridgehead atoms. The maximum atomic E-state index is 12.9. The minimum Gasteiger partial charge on any atom is -0.369 e. The Morgan fingerprint density at radius 3 is 2.81 bits per heavy atom. The molecule has 1 aromatic rings. The predicted molar refractivity (Wildman–Crippen MR) is 67.4 cm³/mol. The molecule has 1 aromatic heterocycles. The van der Waals surface area contributed by atoms with Crippen molar-refractivity contribution in [3.05, 3.63) is 24.1 Å². The second kappa shape index (κ2) is 5.04. The van der Waals surface area contributed by atoms with Crippen LogP contribution in [0.15, 0.2) is 18.2 Å². The van der Waals surface area contributed by atoms with Crippen LogP contribution in [-0.4, -0.2) is 22.5 Å². The van der Waals surface area contributed by atoms with E-state index < -0.39 is 5.95 Å². The van der Waals surface area contributed by atoms with Gasteiger partial charge >= 0.3 is 0 Å². The van der Waals surface area contributed by atoms with Gasteiger partial charge in [-0.2, -0.15) is 16.2 Å². The van der Waals surface area contributed by atoms with Crippen LogP contribution in [-0.2, 0) is 0 Å². The topological polar surface area (TPSA) is 24.9 Å². The van der Waals surface area contributed by atoms with Gasteiger partial charge in [0, 0.05) is 11.3 Å². The van der Waals surface area contributed by atoms with Gasteiger partial charge in [0.1, 0.15) is 5.82 Å². The highest BCUT2D eigenvalue weighted by Gasteiger charge is 2.32. The van der Waals surface area contributed by atoms with E-state index >= 15 is 0 Å². The van der Waals surface area contributed by atoms with Gasteiger partial charge in [0.15, 0.2) is 0 Å². The number of nitrogens with zero attached hydrogens (tertiary/aromatic N) is 1. The summed E-state index contributed by atoms with van der Waals surface area (Å²) < 4.78 is 13.2. The molecule has 4 heteroatoms. The van der Waals surface area contributed by atoms with Crippen molar-refractivity contribution in [2.24, 2.45) is 0 Å². The van der Waals surface area contributed by atoms with Gasteiger partial charge in [-0.3, -0.25) is 0 Å². The molecule has 0 aliphatic heterocycles. The molecule has 88 valence electrons. The maximum Gasteiger partial charge on any atom is 0.214 e. The van der Waals surface area contributed by atoms with Crippen LogP contribution in [0.5, 0.6) is 0 Å². The molecular formula is C12H17FN2S. The highest BCUT2D eigenvalue weighted by atomic mass is 32.2. The van der Waals surface area contributed by atoms with Gasteiger partial charge in [-0.15, -0.1) is 0 Å². The molecule has 0 atom stereocenters. The Balaban J connectivity index is 1.95. The van der Waals surface area contributed by atoms with E-state index in [0.717, 1.165) is 6.54 Å². The number of hydrogen-bond donors (Lipinski definition) is 1. The van der Waals surface area contributed by atoms with Crippen LogP contribution in [0.1, 0.15) is 25.7 Å². The predicted octanol–water partition coefficient (Wildman–Crippen LogP) is 3.31. The monoisotopic (exact) mass is 240 g/mol. The summed E-state index contributed by atoms with van der Waals surface area (Å²) in [6.07, 6.45) is 7.26. The van der Waals surface area contributed by atoms with Crippen LogP contribution in [0.25, 0.3) is 0 Å². The summed E-state index contributed by atoms with van der Waals surface area (Å²) in [4.78, 5) is 3.81. The minimum absolute atomic E-state index is 0.327. The molecule has 1 N–H and O–H groups in total. The van der Waals surface area contributed by atoms with Crippen LogP contribution in [0, 0.1) is 5.95 Å². The third-order valence-electron chi connectivity index (χ3n) is 3.25. The van der Waals surface area contributed by atoms with Crippen LogP contribution >= 0.6 is 11.8 Å². The van der Waals surface area contributed by atoms with Crippen molar-refractivity contribution in [1.29, 1.82) is 0 Å². The van der Waals surface area contributed by atoms with E-state index in [1.54, 1.807) is 6.07 Å². The Bertz CT molecular complexity index is 351. The molecule has 2 rings (SSSR count). The van der Waals surface area contributed by atoms with E-state index in [1.807, 2.05) is 17.8 Å². The van der Waals surface area contributed by atoms with Crippen molar-refractivity contribution in [2.45, 2.75) is 30.4 Å². The van der Waals surface area contributed by atoms with Gasteiger partial charge in [-0.05, 0) is 31.2 Å². The number of nitrogens with one attached hydrogen (secondary N) is 1. The standard InChI is InChI=1S/C12H17FN2S/c1-16-12(7-2-3-8-12)9-14-11-6-4-5-10(13)15-11/h4-6H,2-3,7-9H2,1H3,(H,14,15). The first-order chi connectivity index (χ1) is 7.74. The van der Waals surface area contributed by atoms with Crippen molar-refractivity contribution in [1.82, 2.24) is 4.98 Å². The highest BCUT2D eigenvalue weighted by Crippen LogP contribution is 2.40. The largest absolute Gasteiger partial charge is 0.369 e. The molecule has 0 radical (unpaired) electrons. The zero-order valence-electron chi connectivity index (χ0n) is 9.50. The van der Waals surface area contributed by atoms with Crippen molar-refractivity contribution in [2.75, 3.05) is 18.1 Å². The average Bonchev–Trinajstić information content (AvgIpc) is 2.76. The van der Waals surface area contributed by atoms with Gasteiger partial charge in [0.2, 0.25) is 5.95 Å². The Labute approximate surface area is 100 Å². The van der Waals surface area contributed by atoms with E-state index in [4.69, 9.17) is 0 Å². The molecular weight excluding hydrogens is 223 g/mol. The van der Waals surface area contributed by atoms with E-state index in [0.29, 0.717) is 10.6 Å².